The molecule has 0 aliphatic carbocycles. The van der Waals surface area contributed by atoms with Gasteiger partial charge in [-0.2, -0.15) is 0 Å². The molecular weight excluding hydrogens is 404 g/mol. The Morgan fingerprint density at radius 3 is 1.74 bits per heavy atom. The molecule has 0 aliphatic heterocycles. The summed E-state index contributed by atoms with van der Waals surface area (Å²) in [6.07, 6.45) is 7.52. The highest BCUT2D eigenvalue weighted by Crippen LogP contribution is 1.97. The lowest BCUT2D eigenvalue weighted by molar-refractivity contribution is -0.140. The Hall–Kier alpha value is -3.82. The fourth-order valence-corrected chi connectivity index (χ4v) is 2.18. The van der Waals surface area contributed by atoms with Crippen molar-refractivity contribution in [3.05, 3.63) is 60.2 Å². The fraction of sp³-hybridized carbons (Fsp3) is 0.333. The summed E-state index contributed by atoms with van der Waals surface area (Å²) in [5.74, 6) is -1.53. The molecule has 31 heavy (non-hydrogen) atoms. The minimum Gasteiger partial charge on any atom is -0.481 e. The molecule has 2 rings (SSSR count). The molecule has 0 radical (unpaired) electrons. The van der Waals surface area contributed by atoms with Gasteiger partial charge in [-0.1, -0.05) is 0 Å². The van der Waals surface area contributed by atoms with E-state index in [1.165, 1.54) is 19.5 Å². The number of nitrogens with one attached hydrogen (secondary N) is 2. The molecular formula is C21H26N4O6. The Kier molecular flexibility index (Phi) is 12.3. The van der Waals surface area contributed by atoms with Crippen LogP contribution in [-0.2, 0) is 14.3 Å². The SMILES string of the molecule is COC(=O)CCCNC(=O)c1cccnc1.O=C(O)CCCNC(=O)c1cccnc1. The maximum absolute atomic E-state index is 11.5. The van der Waals surface area contributed by atoms with Crippen molar-refractivity contribution in [1.29, 1.82) is 0 Å². The lowest BCUT2D eigenvalue weighted by Gasteiger charge is -2.03. The van der Waals surface area contributed by atoms with Crippen LogP contribution in [0.1, 0.15) is 46.4 Å². The Morgan fingerprint density at radius 1 is 0.871 bits per heavy atom. The number of ether oxygens (including phenoxy) is 1. The largest absolute Gasteiger partial charge is 0.481 e. The lowest BCUT2D eigenvalue weighted by Crippen LogP contribution is -2.25. The second-order valence-corrected chi connectivity index (χ2v) is 6.17. The number of carboxylic acids is 1. The Bertz CT molecular complexity index is 830. The standard InChI is InChI=1S/C11H14N2O3.C10H12N2O3/c1-16-10(14)5-3-7-13-11(15)9-4-2-6-12-8-9;13-9(14)4-2-6-12-10(15)8-3-1-5-11-7-8/h2,4,6,8H,3,5,7H2,1H3,(H,13,15);1,3,5,7H,2,4,6H2,(H,12,15)(H,13,14). The summed E-state index contributed by atoms with van der Waals surface area (Å²) in [6.45, 7) is 0.808. The molecule has 0 fully saturated rings. The number of hydrogen-bond donors (Lipinski definition) is 3. The van der Waals surface area contributed by atoms with Gasteiger partial charge >= 0.3 is 11.9 Å². The summed E-state index contributed by atoms with van der Waals surface area (Å²) in [4.78, 5) is 51.5. The van der Waals surface area contributed by atoms with E-state index in [1.54, 1.807) is 36.7 Å². The van der Waals surface area contributed by atoms with Gasteiger partial charge in [-0.25, -0.2) is 0 Å². The number of aliphatic carboxylic acids is 1. The van der Waals surface area contributed by atoms with E-state index < -0.39 is 5.97 Å². The van der Waals surface area contributed by atoms with Crippen molar-refractivity contribution in [2.75, 3.05) is 20.2 Å². The highest BCUT2D eigenvalue weighted by molar-refractivity contribution is 5.94. The number of rotatable bonds is 10. The monoisotopic (exact) mass is 430 g/mol. The number of carboxylic acid groups (broad SMARTS) is 1. The third kappa shape index (κ3) is 11.7. The van der Waals surface area contributed by atoms with E-state index in [4.69, 9.17) is 5.11 Å². The first-order chi connectivity index (χ1) is 14.9. The minimum absolute atomic E-state index is 0.0628. The summed E-state index contributed by atoms with van der Waals surface area (Å²) in [7, 11) is 1.34. The quantitative estimate of drug-likeness (QED) is 0.379. The fourth-order valence-electron chi connectivity index (χ4n) is 2.18. The molecule has 0 bridgehead atoms. The Labute approximate surface area is 180 Å². The van der Waals surface area contributed by atoms with Crippen LogP contribution in [0.2, 0.25) is 0 Å². The molecule has 0 aromatic carbocycles. The maximum Gasteiger partial charge on any atom is 0.305 e. The molecule has 0 saturated carbocycles. The number of esters is 1. The molecule has 0 unspecified atom stereocenters. The zero-order valence-corrected chi connectivity index (χ0v) is 17.2. The number of aromatic nitrogens is 2. The van der Waals surface area contributed by atoms with Crippen LogP contribution < -0.4 is 10.6 Å². The van der Waals surface area contributed by atoms with E-state index in [0.717, 1.165) is 0 Å². The zero-order chi connectivity index (χ0) is 22.9. The van der Waals surface area contributed by atoms with Gasteiger partial charge in [0.25, 0.3) is 11.8 Å². The second kappa shape index (κ2) is 15.1. The van der Waals surface area contributed by atoms with Crippen LogP contribution in [0.25, 0.3) is 0 Å². The summed E-state index contributed by atoms with van der Waals surface area (Å²) < 4.78 is 4.48. The van der Waals surface area contributed by atoms with Crippen LogP contribution in [0.15, 0.2) is 49.1 Å². The van der Waals surface area contributed by atoms with Gasteiger partial charge in [0.05, 0.1) is 18.2 Å². The van der Waals surface area contributed by atoms with Crippen molar-refractivity contribution in [3.63, 3.8) is 0 Å². The summed E-state index contributed by atoms with van der Waals surface area (Å²) in [6, 6.07) is 6.71. The molecule has 0 spiro atoms. The van der Waals surface area contributed by atoms with Gasteiger partial charge in [-0.05, 0) is 37.1 Å². The van der Waals surface area contributed by atoms with E-state index >= 15 is 0 Å². The van der Waals surface area contributed by atoms with Crippen molar-refractivity contribution in [2.24, 2.45) is 0 Å². The first-order valence-electron chi connectivity index (χ1n) is 9.59. The normalized spacial score (nSPS) is 9.58. The second-order valence-electron chi connectivity index (χ2n) is 6.17. The highest BCUT2D eigenvalue weighted by atomic mass is 16.5. The van der Waals surface area contributed by atoms with E-state index in [1.807, 2.05) is 0 Å². The summed E-state index contributed by atoms with van der Waals surface area (Å²) in [5.41, 5.74) is 0.994. The number of methoxy groups -OCH3 is 1. The zero-order valence-electron chi connectivity index (χ0n) is 17.2. The molecule has 2 heterocycles. The van der Waals surface area contributed by atoms with Crippen molar-refractivity contribution < 1.29 is 29.0 Å². The predicted molar refractivity (Wildman–Crippen MR) is 111 cm³/mol. The van der Waals surface area contributed by atoms with Gasteiger partial charge < -0.3 is 20.5 Å². The topological polar surface area (TPSA) is 148 Å². The molecule has 10 heteroatoms. The number of hydrogen-bond acceptors (Lipinski definition) is 7. The number of carbonyl (C=O) groups excluding carboxylic acids is 3. The predicted octanol–water partition coefficient (Wildman–Crippen LogP) is 1.44. The van der Waals surface area contributed by atoms with Gasteiger partial charge in [-0.15, -0.1) is 0 Å². The van der Waals surface area contributed by atoms with Gasteiger partial charge in [-0.3, -0.25) is 29.1 Å². The van der Waals surface area contributed by atoms with Crippen LogP contribution >= 0.6 is 0 Å². The number of nitrogens with zero attached hydrogens (tertiary/aromatic N) is 2. The Morgan fingerprint density at radius 2 is 1.35 bits per heavy atom. The molecule has 2 amide bonds. The summed E-state index contributed by atoms with van der Waals surface area (Å²) >= 11 is 0. The Balaban J connectivity index is 0.000000311. The minimum atomic E-state index is -0.856. The third-order valence-corrected chi connectivity index (χ3v) is 3.77. The molecule has 2 aromatic rings. The summed E-state index contributed by atoms with van der Waals surface area (Å²) in [5, 5.41) is 13.7. The van der Waals surface area contributed by atoms with Gasteiger partial charge in [0.1, 0.15) is 0 Å². The van der Waals surface area contributed by atoms with Gasteiger partial charge in [0, 0.05) is 50.7 Å². The van der Waals surface area contributed by atoms with Crippen LogP contribution in [0.5, 0.6) is 0 Å². The average Bonchev–Trinajstić information content (AvgIpc) is 2.80. The maximum atomic E-state index is 11.5. The number of amides is 2. The van der Waals surface area contributed by atoms with Crippen molar-refractivity contribution in [3.8, 4) is 0 Å². The van der Waals surface area contributed by atoms with E-state index in [-0.39, 0.29) is 24.2 Å². The van der Waals surface area contributed by atoms with Crippen molar-refractivity contribution >= 4 is 23.8 Å². The number of pyridine rings is 2. The molecule has 10 nitrogen and oxygen atoms in total. The smallest absolute Gasteiger partial charge is 0.305 e. The van der Waals surface area contributed by atoms with E-state index in [0.29, 0.717) is 43.5 Å². The molecule has 0 saturated heterocycles. The molecule has 166 valence electrons. The third-order valence-electron chi connectivity index (χ3n) is 3.77. The first kappa shape index (κ1) is 25.2. The molecule has 3 N–H and O–H groups in total. The van der Waals surface area contributed by atoms with E-state index in [2.05, 4.69) is 25.3 Å². The van der Waals surface area contributed by atoms with Crippen LogP contribution in [-0.4, -0.2) is 59.0 Å². The molecule has 0 atom stereocenters. The average molecular weight is 430 g/mol. The molecule has 0 aliphatic rings. The van der Waals surface area contributed by atoms with Crippen molar-refractivity contribution in [1.82, 2.24) is 20.6 Å². The van der Waals surface area contributed by atoms with Gasteiger partial charge in [0.2, 0.25) is 0 Å². The first-order valence-corrected chi connectivity index (χ1v) is 9.59. The van der Waals surface area contributed by atoms with Gasteiger partial charge in [0.15, 0.2) is 0 Å². The lowest BCUT2D eigenvalue weighted by atomic mass is 10.2. The number of carbonyl (C=O) groups is 4. The van der Waals surface area contributed by atoms with Crippen LogP contribution in [0.3, 0.4) is 0 Å². The highest BCUT2D eigenvalue weighted by Gasteiger charge is 2.05. The van der Waals surface area contributed by atoms with E-state index in [9.17, 15) is 19.2 Å². The molecule has 2 aromatic heterocycles. The van der Waals surface area contributed by atoms with Crippen molar-refractivity contribution in [2.45, 2.75) is 25.7 Å². The van der Waals surface area contributed by atoms with Crippen LogP contribution in [0, 0.1) is 0 Å². The van der Waals surface area contributed by atoms with Crippen LogP contribution in [0.4, 0.5) is 0 Å².